The normalized spacial score (nSPS) is 15.6. The van der Waals surface area contributed by atoms with Crippen LogP contribution in [0.1, 0.15) is 22.8 Å². The summed E-state index contributed by atoms with van der Waals surface area (Å²) in [6, 6.07) is 58.9. The van der Waals surface area contributed by atoms with Gasteiger partial charge in [0.15, 0.2) is 17.5 Å². The average molecular weight is 733 g/mol. The second-order valence-electron chi connectivity index (χ2n) is 14.7. The number of para-hydroxylation sites is 3. The molecule has 0 amide bonds. The maximum absolute atomic E-state index is 6.58. The molecule has 0 fully saturated rings. The third-order valence-corrected chi connectivity index (χ3v) is 11.5. The molecule has 268 valence electrons. The number of aromatic nitrogens is 3. The van der Waals surface area contributed by atoms with Gasteiger partial charge < -0.3 is 13.7 Å². The van der Waals surface area contributed by atoms with E-state index in [1.165, 1.54) is 22.5 Å². The minimum atomic E-state index is 0.0821. The largest absolute Gasteiger partial charge is 0.456 e. The summed E-state index contributed by atoms with van der Waals surface area (Å²) in [7, 11) is 0. The Morgan fingerprint density at radius 2 is 1.07 bits per heavy atom. The molecule has 0 bridgehead atoms. The highest BCUT2D eigenvalue weighted by Crippen LogP contribution is 2.53. The third kappa shape index (κ3) is 5.07. The predicted molar refractivity (Wildman–Crippen MR) is 228 cm³/mol. The lowest BCUT2D eigenvalue weighted by atomic mass is 9.82. The highest BCUT2D eigenvalue weighted by Gasteiger charge is 2.43. The minimum Gasteiger partial charge on any atom is -0.456 e. The molecule has 2 unspecified atom stereocenters. The molecular formula is C51H32N4O2. The first-order valence-corrected chi connectivity index (χ1v) is 19.3. The highest BCUT2D eigenvalue weighted by atomic mass is 16.3. The van der Waals surface area contributed by atoms with Crippen molar-refractivity contribution in [3.05, 3.63) is 193 Å². The van der Waals surface area contributed by atoms with Crippen molar-refractivity contribution < 1.29 is 8.83 Å². The van der Waals surface area contributed by atoms with Crippen LogP contribution in [0.25, 0.3) is 84.3 Å². The molecule has 2 atom stereocenters. The van der Waals surface area contributed by atoms with Crippen molar-refractivity contribution in [3.63, 3.8) is 0 Å². The summed E-state index contributed by atoms with van der Waals surface area (Å²) in [5, 5.41) is 3.20. The second-order valence-corrected chi connectivity index (χ2v) is 14.7. The summed E-state index contributed by atoms with van der Waals surface area (Å²) < 4.78 is 12.9. The molecule has 0 spiro atoms. The summed E-state index contributed by atoms with van der Waals surface area (Å²) in [6.07, 6.45) is 4.43. The first-order chi connectivity index (χ1) is 28.2. The number of hydrogen-bond donors (Lipinski definition) is 0. The molecule has 12 rings (SSSR count). The van der Waals surface area contributed by atoms with Crippen molar-refractivity contribution in [2.45, 2.75) is 12.0 Å². The van der Waals surface area contributed by atoms with E-state index in [-0.39, 0.29) is 12.0 Å². The first kappa shape index (κ1) is 31.7. The molecule has 0 N–H and O–H groups in total. The van der Waals surface area contributed by atoms with Gasteiger partial charge in [0.2, 0.25) is 0 Å². The maximum atomic E-state index is 6.58. The fourth-order valence-electron chi connectivity index (χ4n) is 8.89. The van der Waals surface area contributed by atoms with Gasteiger partial charge in [0.05, 0.1) is 6.04 Å². The number of benzene rings is 7. The van der Waals surface area contributed by atoms with E-state index in [1.807, 2.05) is 30.3 Å². The van der Waals surface area contributed by atoms with Gasteiger partial charge in [-0.25, -0.2) is 15.0 Å². The number of nitrogens with zero attached hydrogens (tertiary/aromatic N) is 4. The zero-order chi connectivity index (χ0) is 37.5. The Labute approximate surface area is 328 Å². The Bertz CT molecular complexity index is 3220. The van der Waals surface area contributed by atoms with Crippen LogP contribution in [0.3, 0.4) is 0 Å². The van der Waals surface area contributed by atoms with Crippen molar-refractivity contribution in [2.24, 2.45) is 0 Å². The predicted octanol–water partition coefficient (Wildman–Crippen LogP) is 12.9. The van der Waals surface area contributed by atoms with Crippen LogP contribution >= 0.6 is 0 Å². The van der Waals surface area contributed by atoms with E-state index >= 15 is 0 Å². The van der Waals surface area contributed by atoms with Crippen LogP contribution in [0.2, 0.25) is 0 Å². The highest BCUT2D eigenvalue weighted by molar-refractivity contribution is 6.05. The summed E-state index contributed by atoms with van der Waals surface area (Å²) in [4.78, 5) is 18.0. The third-order valence-electron chi connectivity index (χ3n) is 11.5. The van der Waals surface area contributed by atoms with E-state index in [1.54, 1.807) is 0 Å². The van der Waals surface area contributed by atoms with Gasteiger partial charge in [-0.1, -0.05) is 115 Å². The van der Waals surface area contributed by atoms with Crippen LogP contribution in [0.15, 0.2) is 185 Å². The van der Waals surface area contributed by atoms with Gasteiger partial charge in [-0.3, -0.25) is 0 Å². The first-order valence-electron chi connectivity index (χ1n) is 19.3. The molecule has 0 radical (unpaired) electrons. The molecule has 2 aliphatic rings. The zero-order valence-corrected chi connectivity index (χ0v) is 30.6. The minimum absolute atomic E-state index is 0.0821. The summed E-state index contributed by atoms with van der Waals surface area (Å²) in [5.41, 5.74) is 12.2. The molecule has 6 nitrogen and oxygen atoms in total. The quantitative estimate of drug-likeness (QED) is 0.175. The summed E-state index contributed by atoms with van der Waals surface area (Å²) in [6.45, 7) is 0. The van der Waals surface area contributed by atoms with Gasteiger partial charge in [-0.2, -0.15) is 0 Å². The maximum Gasteiger partial charge on any atom is 0.164 e. The molecule has 1 aliphatic carbocycles. The molecule has 4 heterocycles. The molecule has 7 aromatic carbocycles. The Morgan fingerprint density at radius 3 is 1.91 bits per heavy atom. The standard InChI is InChI=1S/C51H32N4O2/c1-3-12-31(13-4-1)32-14-11-15-33(28-32)49-52-50(54-51(53-49)35-22-24-38-37-18-8-10-21-43(37)57-46(38)30-35)34-23-26-44-40(29-34)48-45(56-44)27-25-42-47(48)39-19-7-9-20-41(39)55(42)36-16-5-2-6-17-36/h1-30,42,47H. The SMILES string of the molecule is C1=CC2C(c3ccccc3N2c2ccccc2)c2c1oc1ccc(-c3nc(-c4cccc(-c5ccccc5)c4)nc(-c4ccc5c(c4)oc4ccccc45)n3)cc21. The van der Waals surface area contributed by atoms with Crippen LogP contribution in [-0.2, 0) is 0 Å². The molecule has 0 saturated carbocycles. The average Bonchev–Trinajstić information content (AvgIpc) is 3.95. The van der Waals surface area contributed by atoms with Gasteiger partial charge in [0.25, 0.3) is 0 Å². The molecular weight excluding hydrogens is 701 g/mol. The summed E-state index contributed by atoms with van der Waals surface area (Å²) in [5.74, 6) is 2.73. The van der Waals surface area contributed by atoms with Crippen molar-refractivity contribution >= 4 is 50.4 Å². The number of furan rings is 2. The van der Waals surface area contributed by atoms with E-state index in [0.717, 1.165) is 66.5 Å². The van der Waals surface area contributed by atoms with Crippen molar-refractivity contribution in [2.75, 3.05) is 4.90 Å². The smallest absolute Gasteiger partial charge is 0.164 e. The number of anilines is 2. The fraction of sp³-hybridized carbons (Fsp3) is 0.0392. The van der Waals surface area contributed by atoms with E-state index in [9.17, 15) is 0 Å². The molecule has 57 heavy (non-hydrogen) atoms. The van der Waals surface area contributed by atoms with Gasteiger partial charge in [-0.15, -0.1) is 0 Å². The molecule has 0 saturated heterocycles. The van der Waals surface area contributed by atoms with Gasteiger partial charge in [-0.05, 0) is 83.4 Å². The van der Waals surface area contributed by atoms with Gasteiger partial charge in [0.1, 0.15) is 22.5 Å². The van der Waals surface area contributed by atoms with Crippen molar-refractivity contribution in [3.8, 4) is 45.3 Å². The van der Waals surface area contributed by atoms with Gasteiger partial charge >= 0.3 is 0 Å². The van der Waals surface area contributed by atoms with E-state index < -0.39 is 0 Å². The lowest BCUT2D eigenvalue weighted by Gasteiger charge is -2.30. The fourth-order valence-corrected chi connectivity index (χ4v) is 8.89. The molecule has 10 aromatic rings. The Kier molecular flexibility index (Phi) is 6.95. The van der Waals surface area contributed by atoms with Crippen LogP contribution in [0, 0.1) is 0 Å². The van der Waals surface area contributed by atoms with Crippen LogP contribution in [0.4, 0.5) is 11.4 Å². The number of rotatable bonds is 5. The molecule has 1 aliphatic heterocycles. The topological polar surface area (TPSA) is 68.2 Å². The van der Waals surface area contributed by atoms with Crippen LogP contribution < -0.4 is 4.90 Å². The molecule has 6 heteroatoms. The van der Waals surface area contributed by atoms with E-state index in [0.29, 0.717) is 17.5 Å². The van der Waals surface area contributed by atoms with Gasteiger partial charge in [0, 0.05) is 55.7 Å². The van der Waals surface area contributed by atoms with Crippen molar-refractivity contribution in [1.29, 1.82) is 0 Å². The number of hydrogen-bond acceptors (Lipinski definition) is 6. The van der Waals surface area contributed by atoms with Crippen LogP contribution in [-0.4, -0.2) is 21.0 Å². The molecule has 3 aromatic heterocycles. The second kappa shape index (κ2) is 12.5. The van der Waals surface area contributed by atoms with Crippen LogP contribution in [0.5, 0.6) is 0 Å². The lowest BCUT2D eigenvalue weighted by molar-refractivity contribution is 0.584. The zero-order valence-electron chi connectivity index (χ0n) is 30.6. The monoisotopic (exact) mass is 732 g/mol. The number of fused-ring (bicyclic) bond motifs is 10. The Hall–Kier alpha value is -7.57. The van der Waals surface area contributed by atoms with E-state index in [2.05, 4.69) is 157 Å². The van der Waals surface area contributed by atoms with Crippen molar-refractivity contribution in [1.82, 2.24) is 15.0 Å². The summed E-state index contributed by atoms with van der Waals surface area (Å²) >= 11 is 0. The van der Waals surface area contributed by atoms with E-state index in [4.69, 9.17) is 23.8 Å². The Balaban J connectivity index is 1.03. The lowest BCUT2D eigenvalue weighted by Crippen LogP contribution is -2.30. The Morgan fingerprint density at radius 1 is 0.439 bits per heavy atom.